The number of aromatic amines is 1. The highest BCUT2D eigenvalue weighted by Crippen LogP contribution is 2.33. The first-order valence-electron chi connectivity index (χ1n) is 4.49. The van der Waals surface area contributed by atoms with Crippen molar-refractivity contribution in [2.75, 3.05) is 7.11 Å². The average molecular weight is 191 g/mol. The van der Waals surface area contributed by atoms with Crippen LogP contribution in [0, 0.1) is 13.8 Å². The zero-order valence-electron chi connectivity index (χ0n) is 8.51. The molecule has 0 saturated carbocycles. The van der Waals surface area contributed by atoms with Crippen molar-refractivity contribution < 1.29 is 9.84 Å². The van der Waals surface area contributed by atoms with E-state index in [4.69, 9.17) is 4.74 Å². The van der Waals surface area contributed by atoms with Gasteiger partial charge in [0, 0.05) is 23.2 Å². The average Bonchev–Trinajstić information content (AvgIpc) is 2.43. The Balaban J connectivity index is 2.83. The number of benzene rings is 1. The van der Waals surface area contributed by atoms with Crippen LogP contribution >= 0.6 is 0 Å². The molecule has 0 aliphatic rings. The molecular weight excluding hydrogens is 178 g/mol. The lowest BCUT2D eigenvalue weighted by Gasteiger charge is -2.02. The number of rotatable bonds is 1. The van der Waals surface area contributed by atoms with Crippen LogP contribution in [0.5, 0.6) is 11.5 Å². The molecule has 3 nitrogen and oxygen atoms in total. The van der Waals surface area contributed by atoms with Crippen molar-refractivity contribution in [1.29, 1.82) is 0 Å². The molecule has 2 aromatic rings. The Labute approximate surface area is 82.3 Å². The van der Waals surface area contributed by atoms with E-state index >= 15 is 0 Å². The van der Waals surface area contributed by atoms with Gasteiger partial charge in [-0.15, -0.1) is 0 Å². The van der Waals surface area contributed by atoms with E-state index in [1.54, 1.807) is 13.2 Å². The summed E-state index contributed by atoms with van der Waals surface area (Å²) in [6, 6.07) is 3.51. The van der Waals surface area contributed by atoms with Gasteiger partial charge in [-0.05, 0) is 19.4 Å². The van der Waals surface area contributed by atoms with Crippen molar-refractivity contribution in [3.63, 3.8) is 0 Å². The predicted molar refractivity (Wildman–Crippen MR) is 56.0 cm³/mol. The van der Waals surface area contributed by atoms with E-state index in [1.165, 1.54) is 0 Å². The van der Waals surface area contributed by atoms with Gasteiger partial charge in [0.25, 0.3) is 0 Å². The van der Waals surface area contributed by atoms with Gasteiger partial charge in [0.1, 0.15) is 11.5 Å². The summed E-state index contributed by atoms with van der Waals surface area (Å²) in [6.07, 6.45) is 0. The molecule has 1 aromatic carbocycles. The molecule has 0 unspecified atom stereocenters. The Kier molecular flexibility index (Phi) is 1.88. The van der Waals surface area contributed by atoms with Gasteiger partial charge in [0.2, 0.25) is 0 Å². The number of phenols is 1. The summed E-state index contributed by atoms with van der Waals surface area (Å²) in [5.41, 5.74) is 3.07. The minimum Gasteiger partial charge on any atom is -0.507 e. The number of methoxy groups -OCH3 is 1. The molecule has 1 heterocycles. The summed E-state index contributed by atoms with van der Waals surface area (Å²) < 4.78 is 5.07. The first kappa shape index (κ1) is 8.94. The van der Waals surface area contributed by atoms with Crippen LogP contribution in [0.4, 0.5) is 0 Å². The second-order valence-corrected chi connectivity index (χ2v) is 3.44. The lowest BCUT2D eigenvalue weighted by Crippen LogP contribution is -1.82. The van der Waals surface area contributed by atoms with Crippen LogP contribution in [0.15, 0.2) is 12.1 Å². The van der Waals surface area contributed by atoms with Crippen LogP contribution in [0.2, 0.25) is 0 Å². The van der Waals surface area contributed by atoms with Crippen molar-refractivity contribution in [2.24, 2.45) is 0 Å². The van der Waals surface area contributed by atoms with Crippen molar-refractivity contribution in [3.8, 4) is 11.5 Å². The molecule has 0 aliphatic heterocycles. The number of phenolic OH excluding ortho intramolecular Hbond substituents is 1. The molecule has 3 heteroatoms. The minimum absolute atomic E-state index is 0.265. The summed E-state index contributed by atoms with van der Waals surface area (Å²) in [6.45, 7) is 3.97. The van der Waals surface area contributed by atoms with E-state index in [-0.39, 0.29) is 5.75 Å². The van der Waals surface area contributed by atoms with Gasteiger partial charge in [-0.3, -0.25) is 0 Å². The van der Waals surface area contributed by atoms with Gasteiger partial charge in [-0.1, -0.05) is 0 Å². The lowest BCUT2D eigenvalue weighted by atomic mass is 10.1. The maximum absolute atomic E-state index is 9.78. The molecule has 2 N–H and O–H groups in total. The van der Waals surface area contributed by atoms with Crippen LogP contribution < -0.4 is 4.74 Å². The number of ether oxygens (including phenoxy) is 1. The molecule has 0 atom stereocenters. The van der Waals surface area contributed by atoms with Gasteiger partial charge in [-0.25, -0.2) is 0 Å². The third kappa shape index (κ3) is 1.13. The zero-order valence-corrected chi connectivity index (χ0v) is 8.51. The number of nitrogens with one attached hydrogen (secondary N) is 1. The highest BCUT2D eigenvalue weighted by molar-refractivity contribution is 5.91. The van der Waals surface area contributed by atoms with Gasteiger partial charge < -0.3 is 14.8 Å². The Bertz CT molecular complexity index is 485. The van der Waals surface area contributed by atoms with Gasteiger partial charge in [-0.2, -0.15) is 0 Å². The fourth-order valence-corrected chi connectivity index (χ4v) is 1.69. The highest BCUT2D eigenvalue weighted by Gasteiger charge is 2.10. The zero-order chi connectivity index (χ0) is 10.3. The summed E-state index contributed by atoms with van der Waals surface area (Å²) in [4.78, 5) is 3.20. The summed E-state index contributed by atoms with van der Waals surface area (Å²) >= 11 is 0. The van der Waals surface area contributed by atoms with E-state index in [0.717, 1.165) is 22.2 Å². The maximum atomic E-state index is 9.78. The predicted octanol–water partition coefficient (Wildman–Crippen LogP) is 2.50. The smallest absolute Gasteiger partial charge is 0.128 e. The van der Waals surface area contributed by atoms with Crippen molar-refractivity contribution in [3.05, 3.63) is 23.4 Å². The number of aromatic hydroxyl groups is 1. The summed E-state index contributed by atoms with van der Waals surface area (Å²) in [5.74, 6) is 0.928. The topological polar surface area (TPSA) is 45.2 Å². The van der Waals surface area contributed by atoms with E-state index in [9.17, 15) is 5.11 Å². The van der Waals surface area contributed by atoms with Crippen LogP contribution in [0.1, 0.15) is 11.3 Å². The van der Waals surface area contributed by atoms with Crippen molar-refractivity contribution >= 4 is 10.9 Å². The van der Waals surface area contributed by atoms with Crippen molar-refractivity contribution in [1.82, 2.24) is 4.98 Å². The molecule has 0 saturated heterocycles. The fourth-order valence-electron chi connectivity index (χ4n) is 1.69. The SMILES string of the molecule is COc1cc(O)c2c(C)c(C)[nH]c2c1. The van der Waals surface area contributed by atoms with Crippen LogP contribution in [-0.2, 0) is 0 Å². The van der Waals surface area contributed by atoms with Crippen LogP contribution in [0.25, 0.3) is 10.9 Å². The molecule has 0 aliphatic carbocycles. The number of aromatic nitrogens is 1. The normalized spacial score (nSPS) is 10.8. The Morgan fingerprint density at radius 1 is 1.29 bits per heavy atom. The third-order valence-electron chi connectivity index (χ3n) is 2.59. The second-order valence-electron chi connectivity index (χ2n) is 3.44. The molecule has 0 spiro atoms. The molecule has 0 radical (unpaired) electrons. The standard InChI is InChI=1S/C11H13NO2/c1-6-7(2)12-9-4-8(14-3)5-10(13)11(6)9/h4-5,12-13H,1-3H3. The maximum Gasteiger partial charge on any atom is 0.128 e. The third-order valence-corrected chi connectivity index (χ3v) is 2.59. The van der Waals surface area contributed by atoms with Crippen molar-refractivity contribution in [2.45, 2.75) is 13.8 Å². The number of fused-ring (bicyclic) bond motifs is 1. The Morgan fingerprint density at radius 2 is 2.00 bits per heavy atom. The van der Waals surface area contributed by atoms with E-state index < -0.39 is 0 Å². The van der Waals surface area contributed by atoms with E-state index in [1.807, 2.05) is 19.9 Å². The quantitative estimate of drug-likeness (QED) is 0.727. The summed E-state index contributed by atoms with van der Waals surface area (Å²) in [5, 5.41) is 10.7. The van der Waals surface area contributed by atoms with Gasteiger partial charge in [0.15, 0.2) is 0 Å². The summed E-state index contributed by atoms with van der Waals surface area (Å²) in [7, 11) is 1.59. The largest absolute Gasteiger partial charge is 0.507 e. The molecule has 74 valence electrons. The number of hydrogen-bond donors (Lipinski definition) is 2. The molecule has 0 bridgehead atoms. The lowest BCUT2D eigenvalue weighted by molar-refractivity contribution is 0.409. The van der Waals surface area contributed by atoms with Gasteiger partial charge >= 0.3 is 0 Å². The first-order valence-corrected chi connectivity index (χ1v) is 4.49. The van der Waals surface area contributed by atoms with Crippen LogP contribution in [-0.4, -0.2) is 17.2 Å². The molecular formula is C11H13NO2. The Morgan fingerprint density at radius 3 is 2.64 bits per heavy atom. The molecule has 1 aromatic heterocycles. The second kappa shape index (κ2) is 2.94. The molecule has 2 rings (SSSR count). The fraction of sp³-hybridized carbons (Fsp3) is 0.273. The van der Waals surface area contributed by atoms with Gasteiger partial charge in [0.05, 0.1) is 12.6 Å². The van der Waals surface area contributed by atoms with E-state index in [2.05, 4.69) is 4.98 Å². The number of aryl methyl sites for hydroxylation is 2. The number of hydrogen-bond acceptors (Lipinski definition) is 2. The number of H-pyrrole nitrogens is 1. The molecule has 0 fully saturated rings. The Hall–Kier alpha value is -1.64. The van der Waals surface area contributed by atoms with Crippen LogP contribution in [0.3, 0.4) is 0 Å². The van der Waals surface area contributed by atoms with E-state index in [0.29, 0.717) is 5.75 Å². The minimum atomic E-state index is 0.265. The molecule has 0 amide bonds. The molecule has 14 heavy (non-hydrogen) atoms. The monoisotopic (exact) mass is 191 g/mol. The highest BCUT2D eigenvalue weighted by atomic mass is 16.5. The first-order chi connectivity index (χ1) is 6.63.